The molecule has 0 saturated heterocycles. The number of nitrogens with two attached hydrogens (primary N) is 1. The summed E-state index contributed by atoms with van der Waals surface area (Å²) < 4.78 is 46.3. The highest BCUT2D eigenvalue weighted by Crippen LogP contribution is 2.08. The molecule has 0 aliphatic carbocycles. The molecule has 0 fully saturated rings. The van der Waals surface area contributed by atoms with Crippen LogP contribution < -0.4 is 5.73 Å². The fraction of sp³-hybridized carbons (Fsp3) is 0.235. The highest BCUT2D eigenvalue weighted by atomic mass is 32.2. The van der Waals surface area contributed by atoms with Gasteiger partial charge in [0.15, 0.2) is 0 Å². The summed E-state index contributed by atoms with van der Waals surface area (Å²) >= 11 is 0. The second-order valence-corrected chi connectivity index (χ2v) is 6.56. The van der Waals surface area contributed by atoms with Crippen molar-refractivity contribution >= 4 is 16.1 Å². The molecule has 0 spiro atoms. The Balaban J connectivity index is 0.000000257. The van der Waals surface area contributed by atoms with Crippen LogP contribution in [0.25, 0.3) is 0 Å². The Kier molecular flexibility index (Phi) is 8.20. The first-order valence-electron chi connectivity index (χ1n) is 7.30. The Labute approximate surface area is 146 Å². The van der Waals surface area contributed by atoms with Gasteiger partial charge in [0.05, 0.1) is 4.90 Å². The third-order valence-corrected chi connectivity index (χ3v) is 3.88. The molecule has 0 radical (unpaired) electrons. The second kappa shape index (κ2) is 9.87. The molecule has 3 N–H and O–H groups in total. The molecule has 1 atom stereocenters. The van der Waals surface area contributed by atoms with Gasteiger partial charge in [0.25, 0.3) is 10.1 Å². The molecule has 0 saturated carbocycles. The number of alkyl halides is 1. The highest BCUT2D eigenvalue weighted by molar-refractivity contribution is 7.85. The maximum Gasteiger partial charge on any atom is 0.325 e. The third kappa shape index (κ3) is 7.88. The summed E-state index contributed by atoms with van der Waals surface area (Å²) in [5.41, 5.74) is 6.94. The lowest BCUT2D eigenvalue weighted by Gasteiger charge is -2.07. The number of esters is 1. The standard InChI is InChI=1S/C10H12FNO2.C7H8O3S/c11-6-9(12)10(13)14-7-8-4-2-1-3-5-8;1-6-2-4-7(5-3-6)11(8,9)10/h1-5,9H,6-7,12H2;2-5H,1H3,(H,8,9,10)/t9-;/m1./s1. The molecular weight excluding hydrogens is 349 g/mol. The average molecular weight is 369 g/mol. The molecule has 0 aromatic heterocycles. The van der Waals surface area contributed by atoms with E-state index in [1.807, 2.05) is 37.3 Å². The molecule has 6 nitrogen and oxygen atoms in total. The molecule has 0 unspecified atom stereocenters. The number of halogens is 1. The fourth-order valence-electron chi connectivity index (χ4n) is 1.61. The molecule has 0 amide bonds. The van der Waals surface area contributed by atoms with Gasteiger partial charge in [-0.1, -0.05) is 48.0 Å². The van der Waals surface area contributed by atoms with Crippen LogP contribution >= 0.6 is 0 Å². The van der Waals surface area contributed by atoms with Crippen molar-refractivity contribution in [2.45, 2.75) is 24.5 Å². The molecule has 0 heterocycles. The van der Waals surface area contributed by atoms with Gasteiger partial charge in [0.1, 0.15) is 19.3 Å². The number of hydrogen-bond acceptors (Lipinski definition) is 5. The quantitative estimate of drug-likeness (QED) is 0.618. The van der Waals surface area contributed by atoms with Crippen LogP contribution in [0.1, 0.15) is 11.1 Å². The molecule has 0 aliphatic rings. The molecular formula is C17H20FNO5S. The van der Waals surface area contributed by atoms with Gasteiger partial charge in [-0.3, -0.25) is 9.35 Å². The Morgan fingerprint density at radius 2 is 1.72 bits per heavy atom. The first-order valence-corrected chi connectivity index (χ1v) is 8.74. The fourth-order valence-corrected chi connectivity index (χ4v) is 2.09. The summed E-state index contributed by atoms with van der Waals surface area (Å²) in [6.45, 7) is 1.08. The number of aryl methyl sites for hydroxylation is 1. The topological polar surface area (TPSA) is 107 Å². The van der Waals surface area contributed by atoms with Crippen molar-refractivity contribution in [1.29, 1.82) is 0 Å². The third-order valence-electron chi connectivity index (χ3n) is 3.01. The van der Waals surface area contributed by atoms with Gasteiger partial charge in [0.2, 0.25) is 0 Å². The van der Waals surface area contributed by atoms with Crippen LogP contribution in [0.15, 0.2) is 59.5 Å². The van der Waals surface area contributed by atoms with Crippen molar-refractivity contribution in [1.82, 2.24) is 0 Å². The second-order valence-electron chi connectivity index (χ2n) is 5.14. The Hall–Kier alpha value is -2.29. The van der Waals surface area contributed by atoms with Gasteiger partial charge in [-0.2, -0.15) is 8.42 Å². The Bertz CT molecular complexity index is 763. The van der Waals surface area contributed by atoms with Crippen molar-refractivity contribution in [3.05, 3.63) is 65.7 Å². The van der Waals surface area contributed by atoms with Gasteiger partial charge in [-0.05, 0) is 24.6 Å². The lowest BCUT2D eigenvalue weighted by Crippen LogP contribution is -2.34. The molecule has 2 aromatic carbocycles. The largest absolute Gasteiger partial charge is 0.460 e. The maximum absolute atomic E-state index is 11.9. The Morgan fingerprint density at radius 3 is 2.20 bits per heavy atom. The first-order chi connectivity index (χ1) is 11.7. The van der Waals surface area contributed by atoms with Crippen LogP contribution in [-0.2, 0) is 26.3 Å². The number of benzene rings is 2. The molecule has 0 bridgehead atoms. The normalized spacial score (nSPS) is 11.8. The smallest absolute Gasteiger partial charge is 0.325 e. The molecule has 136 valence electrons. The number of carbonyl (C=O) groups is 1. The van der Waals surface area contributed by atoms with Crippen LogP contribution in [0.3, 0.4) is 0 Å². The van der Waals surface area contributed by atoms with Crippen LogP contribution in [-0.4, -0.2) is 31.7 Å². The van der Waals surface area contributed by atoms with Gasteiger partial charge in [0, 0.05) is 0 Å². The van der Waals surface area contributed by atoms with Crippen molar-refractivity contribution in [2.24, 2.45) is 5.73 Å². The van der Waals surface area contributed by atoms with E-state index in [9.17, 15) is 17.6 Å². The highest BCUT2D eigenvalue weighted by Gasteiger charge is 2.14. The zero-order chi connectivity index (χ0) is 18.9. The van der Waals surface area contributed by atoms with Crippen LogP contribution in [0.5, 0.6) is 0 Å². The van der Waals surface area contributed by atoms with E-state index < -0.39 is 28.8 Å². The SMILES string of the molecule is Cc1ccc(S(=O)(=O)O)cc1.N[C@H](CF)C(=O)OCc1ccccc1. The minimum atomic E-state index is -4.02. The predicted molar refractivity (Wildman–Crippen MR) is 91.2 cm³/mol. The van der Waals surface area contributed by atoms with Gasteiger partial charge in [-0.15, -0.1) is 0 Å². The maximum atomic E-state index is 11.9. The molecule has 0 aliphatic heterocycles. The molecule has 8 heteroatoms. The van der Waals surface area contributed by atoms with Gasteiger partial charge < -0.3 is 10.5 Å². The lowest BCUT2D eigenvalue weighted by molar-refractivity contribution is -0.146. The van der Waals surface area contributed by atoms with Crippen LogP contribution in [0, 0.1) is 6.92 Å². The summed E-state index contributed by atoms with van der Waals surface area (Å²) in [4.78, 5) is 10.9. The van der Waals surface area contributed by atoms with E-state index in [2.05, 4.69) is 0 Å². The van der Waals surface area contributed by atoms with E-state index >= 15 is 0 Å². The van der Waals surface area contributed by atoms with Crippen molar-refractivity contribution in [2.75, 3.05) is 6.67 Å². The van der Waals surface area contributed by atoms with E-state index in [-0.39, 0.29) is 11.5 Å². The predicted octanol–water partition coefficient (Wildman–Crippen LogP) is 2.27. The zero-order valence-electron chi connectivity index (χ0n) is 13.6. The minimum absolute atomic E-state index is 0.0666. The molecule has 2 aromatic rings. The van der Waals surface area contributed by atoms with Gasteiger partial charge in [-0.25, -0.2) is 4.39 Å². The lowest BCUT2D eigenvalue weighted by atomic mass is 10.2. The number of ether oxygens (including phenoxy) is 1. The van der Waals surface area contributed by atoms with E-state index in [4.69, 9.17) is 15.0 Å². The summed E-state index contributed by atoms with van der Waals surface area (Å²) in [5, 5.41) is 0. The number of carbonyl (C=O) groups excluding carboxylic acids is 1. The zero-order valence-corrected chi connectivity index (χ0v) is 14.4. The average Bonchev–Trinajstić information content (AvgIpc) is 2.60. The van der Waals surface area contributed by atoms with Crippen LogP contribution in [0.4, 0.5) is 4.39 Å². The van der Waals surface area contributed by atoms with E-state index in [0.717, 1.165) is 11.1 Å². The van der Waals surface area contributed by atoms with Crippen LogP contribution in [0.2, 0.25) is 0 Å². The summed E-state index contributed by atoms with van der Waals surface area (Å²) in [5.74, 6) is -0.712. The summed E-state index contributed by atoms with van der Waals surface area (Å²) in [6.07, 6.45) is 0. The van der Waals surface area contributed by atoms with Crippen molar-refractivity contribution < 1.29 is 26.9 Å². The monoisotopic (exact) mass is 369 g/mol. The first kappa shape index (κ1) is 20.8. The molecule has 25 heavy (non-hydrogen) atoms. The van der Waals surface area contributed by atoms with Gasteiger partial charge >= 0.3 is 5.97 Å². The van der Waals surface area contributed by atoms with E-state index in [1.54, 1.807) is 12.1 Å². The Morgan fingerprint density at radius 1 is 1.16 bits per heavy atom. The molecule has 2 rings (SSSR count). The van der Waals surface area contributed by atoms with Crippen molar-refractivity contribution in [3.63, 3.8) is 0 Å². The number of hydrogen-bond donors (Lipinski definition) is 2. The van der Waals surface area contributed by atoms with Crippen molar-refractivity contribution in [3.8, 4) is 0 Å². The van der Waals surface area contributed by atoms with E-state index in [0.29, 0.717) is 0 Å². The minimum Gasteiger partial charge on any atom is -0.460 e. The summed E-state index contributed by atoms with van der Waals surface area (Å²) in [6, 6.07) is 14.0. The number of rotatable bonds is 5. The van der Waals surface area contributed by atoms with E-state index in [1.165, 1.54) is 12.1 Å². The summed E-state index contributed by atoms with van der Waals surface area (Å²) in [7, 11) is -4.02.